The molecule has 0 N–H and O–H groups in total. The molecule has 22 heavy (non-hydrogen) atoms. The minimum Gasteiger partial charge on any atom is -0.234 e. The average Bonchev–Trinajstić information content (AvgIpc) is 2.44. The lowest BCUT2D eigenvalue weighted by Crippen LogP contribution is -2.19. The van der Waals surface area contributed by atoms with E-state index in [2.05, 4.69) is 4.40 Å². The van der Waals surface area contributed by atoms with Crippen LogP contribution in [0.5, 0.6) is 0 Å². The quantitative estimate of drug-likeness (QED) is 0.665. The van der Waals surface area contributed by atoms with E-state index in [4.69, 9.17) is 23.2 Å². The lowest BCUT2D eigenvalue weighted by molar-refractivity contribution is 0.651. The molecule has 116 valence electrons. The van der Waals surface area contributed by atoms with Crippen LogP contribution in [0, 0.1) is 0 Å². The van der Waals surface area contributed by atoms with Gasteiger partial charge < -0.3 is 0 Å². The number of halogens is 2. The third-order valence-corrected chi connectivity index (χ3v) is 4.93. The summed E-state index contributed by atoms with van der Waals surface area (Å²) in [4.78, 5) is 0. The average molecular weight is 354 g/mol. The van der Waals surface area contributed by atoms with Crippen molar-refractivity contribution < 1.29 is 4.21 Å². The van der Waals surface area contributed by atoms with Gasteiger partial charge in [-0.05, 0) is 50.1 Å². The molecule has 0 aliphatic heterocycles. The standard InChI is InChI=1S/C17H17Cl2NOS/c1-17(2,3)22(21)20-11-12-6-4-7-13(10-12)16-14(18)8-5-9-15(16)19/h4-11H,1-3H3/b20-11+/t22-/m1/s1. The number of hydrogen-bond acceptors (Lipinski definition) is 1. The van der Waals surface area contributed by atoms with Gasteiger partial charge in [0.15, 0.2) is 0 Å². The minimum atomic E-state index is -1.28. The van der Waals surface area contributed by atoms with Gasteiger partial charge in [0.05, 0.1) is 4.75 Å². The third-order valence-electron chi connectivity index (χ3n) is 2.96. The summed E-state index contributed by atoms with van der Waals surface area (Å²) in [6.45, 7) is 5.67. The van der Waals surface area contributed by atoms with Crippen LogP contribution in [0.15, 0.2) is 46.9 Å². The molecule has 0 fully saturated rings. The lowest BCUT2D eigenvalue weighted by atomic mass is 10.0. The van der Waals surface area contributed by atoms with Crippen molar-refractivity contribution >= 4 is 40.4 Å². The van der Waals surface area contributed by atoms with Crippen LogP contribution in [-0.2, 0) is 11.0 Å². The van der Waals surface area contributed by atoms with Crippen molar-refractivity contribution in [2.24, 2.45) is 4.40 Å². The minimum absolute atomic E-state index is 0.375. The van der Waals surface area contributed by atoms with Gasteiger partial charge in [0.25, 0.3) is 0 Å². The van der Waals surface area contributed by atoms with Crippen molar-refractivity contribution in [2.75, 3.05) is 0 Å². The van der Waals surface area contributed by atoms with Gasteiger partial charge in [-0.15, -0.1) is 0 Å². The smallest absolute Gasteiger partial charge is 0.144 e. The second-order valence-corrected chi connectivity index (χ2v) is 8.57. The molecular formula is C17H17Cl2NOS. The van der Waals surface area contributed by atoms with Crippen LogP contribution in [0.1, 0.15) is 26.3 Å². The topological polar surface area (TPSA) is 29.4 Å². The monoisotopic (exact) mass is 353 g/mol. The van der Waals surface area contributed by atoms with E-state index in [-0.39, 0.29) is 4.75 Å². The van der Waals surface area contributed by atoms with Crippen LogP contribution in [0.2, 0.25) is 10.0 Å². The second-order valence-electron chi connectivity index (χ2n) is 5.82. The van der Waals surface area contributed by atoms with Gasteiger partial charge in [-0.3, -0.25) is 0 Å². The first-order valence-corrected chi connectivity index (χ1v) is 8.66. The van der Waals surface area contributed by atoms with Gasteiger partial charge in [-0.25, -0.2) is 4.21 Å². The van der Waals surface area contributed by atoms with Crippen molar-refractivity contribution in [3.63, 3.8) is 0 Å². The maximum atomic E-state index is 12.0. The van der Waals surface area contributed by atoms with Crippen LogP contribution in [-0.4, -0.2) is 15.2 Å². The highest BCUT2D eigenvalue weighted by molar-refractivity contribution is 7.85. The van der Waals surface area contributed by atoms with E-state index in [9.17, 15) is 4.21 Å². The summed E-state index contributed by atoms with van der Waals surface area (Å²) in [5.41, 5.74) is 2.55. The van der Waals surface area contributed by atoms with Crippen LogP contribution < -0.4 is 0 Å². The fraction of sp³-hybridized carbons (Fsp3) is 0.235. The molecule has 2 aromatic rings. The Kier molecular flexibility index (Phi) is 5.43. The van der Waals surface area contributed by atoms with E-state index in [1.165, 1.54) is 0 Å². The first-order valence-electron chi connectivity index (χ1n) is 6.79. The summed E-state index contributed by atoms with van der Waals surface area (Å²) in [5.74, 6) is 0. The molecule has 0 unspecified atom stereocenters. The molecular weight excluding hydrogens is 337 g/mol. The molecule has 2 aromatic carbocycles. The summed E-state index contributed by atoms with van der Waals surface area (Å²) >= 11 is 12.5. The molecule has 0 bridgehead atoms. The molecule has 0 amide bonds. The van der Waals surface area contributed by atoms with E-state index in [1.807, 2.05) is 51.1 Å². The Morgan fingerprint density at radius 1 is 1.05 bits per heavy atom. The zero-order chi connectivity index (χ0) is 16.3. The molecule has 2 nitrogen and oxygen atoms in total. The molecule has 0 spiro atoms. The number of benzene rings is 2. The van der Waals surface area contributed by atoms with Gasteiger partial charge >= 0.3 is 0 Å². The Hall–Kier alpha value is -1.16. The Balaban J connectivity index is 2.36. The molecule has 0 aromatic heterocycles. The van der Waals surface area contributed by atoms with Crippen LogP contribution >= 0.6 is 23.2 Å². The van der Waals surface area contributed by atoms with Gasteiger partial charge in [0.1, 0.15) is 11.0 Å². The van der Waals surface area contributed by atoms with Crippen molar-refractivity contribution in [1.29, 1.82) is 0 Å². The maximum Gasteiger partial charge on any atom is 0.144 e. The Morgan fingerprint density at radius 2 is 1.64 bits per heavy atom. The first kappa shape index (κ1) is 17.2. The van der Waals surface area contributed by atoms with Crippen molar-refractivity contribution in [1.82, 2.24) is 0 Å². The summed E-state index contributed by atoms with van der Waals surface area (Å²) in [6, 6.07) is 13.1. The fourth-order valence-corrected chi connectivity index (χ4v) is 2.96. The summed E-state index contributed by atoms with van der Waals surface area (Å²) < 4.78 is 15.7. The predicted molar refractivity (Wildman–Crippen MR) is 97.4 cm³/mol. The molecule has 2 rings (SSSR count). The first-order chi connectivity index (χ1) is 10.3. The van der Waals surface area contributed by atoms with E-state index >= 15 is 0 Å². The highest BCUT2D eigenvalue weighted by Crippen LogP contribution is 2.34. The van der Waals surface area contributed by atoms with Gasteiger partial charge in [-0.2, -0.15) is 4.40 Å². The van der Waals surface area contributed by atoms with Crippen LogP contribution in [0.4, 0.5) is 0 Å². The summed E-state index contributed by atoms with van der Waals surface area (Å²) in [7, 11) is -1.28. The SMILES string of the molecule is CC(C)(C)[S@@](=O)/N=C/c1cccc(-c2c(Cl)cccc2Cl)c1. The zero-order valence-electron chi connectivity index (χ0n) is 12.6. The van der Waals surface area contributed by atoms with E-state index in [0.717, 1.165) is 16.7 Å². The maximum absolute atomic E-state index is 12.0. The third kappa shape index (κ3) is 4.19. The van der Waals surface area contributed by atoms with E-state index < -0.39 is 11.0 Å². The number of nitrogens with zero attached hydrogens (tertiary/aromatic N) is 1. The highest BCUT2D eigenvalue weighted by atomic mass is 35.5. The number of hydrogen-bond donors (Lipinski definition) is 0. The Bertz CT molecular complexity index is 715. The molecule has 0 heterocycles. The molecule has 0 aliphatic rings. The molecule has 0 saturated carbocycles. The molecule has 0 saturated heterocycles. The van der Waals surface area contributed by atoms with E-state index in [0.29, 0.717) is 10.0 Å². The normalized spacial score (nSPS) is 13.5. The largest absolute Gasteiger partial charge is 0.234 e. The van der Waals surface area contributed by atoms with Gasteiger partial charge in [0.2, 0.25) is 0 Å². The van der Waals surface area contributed by atoms with E-state index in [1.54, 1.807) is 18.3 Å². The predicted octanol–water partition coefficient (Wildman–Crippen LogP) is 5.54. The fourth-order valence-electron chi connectivity index (χ4n) is 1.81. The van der Waals surface area contributed by atoms with Gasteiger partial charge in [0, 0.05) is 21.8 Å². The molecule has 1 atom stereocenters. The summed E-state index contributed by atoms with van der Waals surface area (Å²) in [6.07, 6.45) is 1.62. The zero-order valence-corrected chi connectivity index (χ0v) is 15.0. The van der Waals surface area contributed by atoms with Crippen molar-refractivity contribution in [3.05, 3.63) is 58.1 Å². The van der Waals surface area contributed by atoms with Gasteiger partial charge in [-0.1, -0.05) is 47.5 Å². The van der Waals surface area contributed by atoms with Crippen LogP contribution in [0.25, 0.3) is 11.1 Å². The highest BCUT2D eigenvalue weighted by Gasteiger charge is 2.18. The Labute approximate surface area is 143 Å². The lowest BCUT2D eigenvalue weighted by Gasteiger charge is -2.12. The second kappa shape index (κ2) is 6.95. The van der Waals surface area contributed by atoms with Crippen molar-refractivity contribution in [3.8, 4) is 11.1 Å². The molecule has 5 heteroatoms. The number of rotatable bonds is 3. The summed E-state index contributed by atoms with van der Waals surface area (Å²) in [5, 5.41) is 1.19. The van der Waals surface area contributed by atoms with Crippen LogP contribution in [0.3, 0.4) is 0 Å². The molecule has 0 radical (unpaired) electrons. The molecule has 0 aliphatic carbocycles. The van der Waals surface area contributed by atoms with Crippen molar-refractivity contribution in [2.45, 2.75) is 25.5 Å². The Morgan fingerprint density at radius 3 is 2.23 bits per heavy atom.